The highest BCUT2D eigenvalue weighted by Gasteiger charge is 2.17. The van der Waals surface area contributed by atoms with Crippen LogP contribution in [0, 0.1) is 0 Å². The molecule has 0 fully saturated rings. The maximum absolute atomic E-state index is 12.5. The predicted octanol–water partition coefficient (Wildman–Crippen LogP) is 4.39. The van der Waals surface area contributed by atoms with Crippen LogP contribution in [0.5, 0.6) is 0 Å². The highest BCUT2D eigenvalue weighted by atomic mass is 35.5. The summed E-state index contributed by atoms with van der Waals surface area (Å²) in [7, 11) is -3.56. The van der Waals surface area contributed by atoms with Crippen molar-refractivity contribution in [1.29, 1.82) is 0 Å². The summed E-state index contributed by atoms with van der Waals surface area (Å²) in [6.45, 7) is 0. The van der Waals surface area contributed by atoms with Crippen molar-refractivity contribution >= 4 is 44.6 Å². The summed E-state index contributed by atoms with van der Waals surface area (Å²) in [6, 6.07) is 21.1. The number of carbonyl (C=O) groups excluding carboxylic acids is 2. The summed E-state index contributed by atoms with van der Waals surface area (Å²) in [4.78, 5) is 25.0. The Bertz CT molecular complexity index is 1160. The third-order valence-electron chi connectivity index (χ3n) is 4.24. The third-order valence-corrected chi connectivity index (χ3v) is 6.20. The zero-order valence-electron chi connectivity index (χ0n) is 15.8. The van der Waals surface area contributed by atoms with E-state index in [2.05, 4.69) is 10.6 Å². The van der Waals surface area contributed by atoms with E-state index in [4.69, 9.17) is 11.6 Å². The first kappa shape index (κ1) is 21.5. The average Bonchev–Trinajstić information content (AvgIpc) is 2.74. The molecule has 8 heteroatoms. The highest BCUT2D eigenvalue weighted by Crippen LogP contribution is 2.23. The van der Waals surface area contributed by atoms with Crippen LogP contribution < -0.4 is 10.6 Å². The van der Waals surface area contributed by atoms with Gasteiger partial charge in [-0.2, -0.15) is 0 Å². The van der Waals surface area contributed by atoms with Crippen LogP contribution in [0.2, 0.25) is 5.02 Å². The van der Waals surface area contributed by atoms with Crippen molar-refractivity contribution in [1.82, 2.24) is 0 Å². The molecule has 3 aromatic rings. The van der Waals surface area contributed by atoms with Crippen LogP contribution in [0.4, 0.5) is 11.4 Å². The first-order valence-corrected chi connectivity index (χ1v) is 11.1. The molecule has 154 valence electrons. The minimum Gasteiger partial charge on any atom is -0.324 e. The second-order valence-electron chi connectivity index (χ2n) is 6.44. The third kappa shape index (κ3) is 5.68. The number of hydrogen-bond donors (Lipinski definition) is 2. The number of anilines is 2. The van der Waals surface area contributed by atoms with Gasteiger partial charge in [0.15, 0.2) is 9.84 Å². The Kier molecular flexibility index (Phi) is 6.87. The van der Waals surface area contributed by atoms with Crippen LogP contribution in [-0.2, 0) is 14.6 Å². The molecule has 0 aliphatic rings. The van der Waals surface area contributed by atoms with E-state index >= 15 is 0 Å². The van der Waals surface area contributed by atoms with Crippen molar-refractivity contribution in [2.45, 2.75) is 11.3 Å². The number of carbonyl (C=O) groups is 2. The Morgan fingerprint density at radius 2 is 1.43 bits per heavy atom. The van der Waals surface area contributed by atoms with Gasteiger partial charge in [0.1, 0.15) is 0 Å². The number of rotatable bonds is 7. The topological polar surface area (TPSA) is 92.3 Å². The molecule has 3 aromatic carbocycles. The van der Waals surface area contributed by atoms with Gasteiger partial charge in [-0.3, -0.25) is 9.59 Å². The number of nitrogens with one attached hydrogen (secondary N) is 2. The second kappa shape index (κ2) is 9.56. The van der Waals surface area contributed by atoms with Gasteiger partial charge in [-0.25, -0.2) is 8.42 Å². The predicted molar refractivity (Wildman–Crippen MR) is 118 cm³/mol. The smallest absolute Gasteiger partial charge is 0.255 e. The standard InChI is InChI=1S/C22H19ClN2O4S/c23-17-8-6-7-16(15-17)22(27)25-20-12-5-4-11-19(20)24-21(26)13-14-30(28,29)18-9-2-1-3-10-18/h1-12,15H,13-14H2,(H,24,26)(H,25,27). The molecule has 30 heavy (non-hydrogen) atoms. The van der Waals surface area contributed by atoms with Crippen molar-refractivity contribution in [3.63, 3.8) is 0 Å². The van der Waals surface area contributed by atoms with E-state index in [1.165, 1.54) is 18.2 Å². The monoisotopic (exact) mass is 442 g/mol. The molecular formula is C22H19ClN2O4S. The zero-order valence-corrected chi connectivity index (χ0v) is 17.4. The van der Waals surface area contributed by atoms with Crippen molar-refractivity contribution < 1.29 is 18.0 Å². The second-order valence-corrected chi connectivity index (χ2v) is 8.99. The van der Waals surface area contributed by atoms with Gasteiger partial charge in [-0.05, 0) is 42.5 Å². The van der Waals surface area contributed by atoms with Crippen LogP contribution in [0.15, 0.2) is 83.8 Å². The van der Waals surface area contributed by atoms with E-state index < -0.39 is 15.7 Å². The van der Waals surface area contributed by atoms with Gasteiger partial charge in [0.2, 0.25) is 5.91 Å². The fraction of sp³-hybridized carbons (Fsp3) is 0.0909. The minimum atomic E-state index is -3.56. The summed E-state index contributed by atoms with van der Waals surface area (Å²) in [5.74, 6) is -1.18. The number of hydrogen-bond acceptors (Lipinski definition) is 4. The summed E-state index contributed by atoms with van der Waals surface area (Å²) in [5, 5.41) is 5.82. The van der Waals surface area contributed by atoms with Gasteiger partial charge in [-0.15, -0.1) is 0 Å². The van der Waals surface area contributed by atoms with E-state index in [-0.39, 0.29) is 23.0 Å². The maximum atomic E-state index is 12.5. The summed E-state index contributed by atoms with van der Waals surface area (Å²) < 4.78 is 24.7. The largest absolute Gasteiger partial charge is 0.324 e. The van der Waals surface area contributed by atoms with Crippen LogP contribution in [0.25, 0.3) is 0 Å². The molecule has 0 radical (unpaired) electrons. The lowest BCUT2D eigenvalue weighted by Crippen LogP contribution is -2.19. The molecule has 0 unspecified atom stereocenters. The quantitative estimate of drug-likeness (QED) is 0.567. The fourth-order valence-corrected chi connectivity index (χ4v) is 4.16. The number of sulfone groups is 1. The van der Waals surface area contributed by atoms with E-state index in [9.17, 15) is 18.0 Å². The van der Waals surface area contributed by atoms with Gasteiger partial charge in [-0.1, -0.05) is 48.0 Å². The number of halogens is 1. The normalized spacial score (nSPS) is 11.0. The average molecular weight is 443 g/mol. The SMILES string of the molecule is O=C(CCS(=O)(=O)c1ccccc1)Nc1ccccc1NC(=O)c1cccc(Cl)c1. The van der Waals surface area contributed by atoms with Gasteiger partial charge in [0, 0.05) is 17.0 Å². The van der Waals surface area contributed by atoms with Crippen LogP contribution in [-0.4, -0.2) is 26.0 Å². The molecule has 0 bridgehead atoms. The molecule has 2 amide bonds. The maximum Gasteiger partial charge on any atom is 0.255 e. The lowest BCUT2D eigenvalue weighted by molar-refractivity contribution is -0.115. The Balaban J connectivity index is 1.66. The van der Waals surface area contributed by atoms with E-state index in [1.807, 2.05) is 0 Å². The molecule has 0 heterocycles. The lowest BCUT2D eigenvalue weighted by atomic mass is 10.2. The summed E-state index contributed by atoms with van der Waals surface area (Å²) >= 11 is 5.92. The molecule has 0 spiro atoms. The Morgan fingerprint density at radius 3 is 2.10 bits per heavy atom. The molecule has 0 atom stereocenters. The van der Waals surface area contributed by atoms with Gasteiger partial charge in [0.05, 0.1) is 22.0 Å². The molecule has 6 nitrogen and oxygen atoms in total. The van der Waals surface area contributed by atoms with Crippen molar-refractivity contribution in [2.24, 2.45) is 0 Å². The van der Waals surface area contributed by atoms with Crippen molar-refractivity contribution in [2.75, 3.05) is 16.4 Å². The first-order valence-electron chi connectivity index (χ1n) is 9.09. The number of amides is 2. The molecule has 0 aromatic heterocycles. The summed E-state index contributed by atoms with van der Waals surface area (Å²) in [6.07, 6.45) is -0.214. The van der Waals surface area contributed by atoms with Gasteiger partial charge >= 0.3 is 0 Å². The molecule has 3 rings (SSSR count). The molecule has 0 aliphatic carbocycles. The minimum absolute atomic E-state index is 0.173. The van der Waals surface area contributed by atoms with Crippen molar-refractivity contribution in [3.8, 4) is 0 Å². The molecule has 0 saturated heterocycles. The van der Waals surface area contributed by atoms with E-state index in [0.29, 0.717) is 22.0 Å². The molecular weight excluding hydrogens is 424 g/mol. The van der Waals surface area contributed by atoms with E-state index in [1.54, 1.807) is 60.7 Å². The Hall–Kier alpha value is -3.16. The van der Waals surface area contributed by atoms with Gasteiger partial charge < -0.3 is 10.6 Å². The van der Waals surface area contributed by atoms with Crippen molar-refractivity contribution in [3.05, 3.63) is 89.4 Å². The Morgan fingerprint density at radius 1 is 0.800 bits per heavy atom. The van der Waals surface area contributed by atoms with Gasteiger partial charge in [0.25, 0.3) is 5.91 Å². The first-order chi connectivity index (χ1) is 14.3. The highest BCUT2D eigenvalue weighted by molar-refractivity contribution is 7.91. The zero-order chi connectivity index (χ0) is 21.6. The van der Waals surface area contributed by atoms with E-state index in [0.717, 1.165) is 0 Å². The fourth-order valence-electron chi connectivity index (χ4n) is 2.71. The van der Waals surface area contributed by atoms with Crippen LogP contribution >= 0.6 is 11.6 Å². The molecule has 0 saturated carbocycles. The molecule has 0 aliphatic heterocycles. The molecule has 2 N–H and O–H groups in total. The van der Waals surface area contributed by atoms with Crippen LogP contribution in [0.3, 0.4) is 0 Å². The Labute approximate surface area is 179 Å². The summed E-state index contributed by atoms with van der Waals surface area (Å²) in [5.41, 5.74) is 1.13. The lowest BCUT2D eigenvalue weighted by Gasteiger charge is -2.12. The number of benzene rings is 3. The van der Waals surface area contributed by atoms with Crippen LogP contribution in [0.1, 0.15) is 16.8 Å². The number of para-hydroxylation sites is 2.